The Morgan fingerprint density at radius 1 is 1.23 bits per heavy atom. The Kier molecular flexibility index (Phi) is 6.23. The molecule has 0 aliphatic carbocycles. The number of carbonyl (C=O) groups is 2. The van der Waals surface area contributed by atoms with Crippen molar-refractivity contribution < 1.29 is 14.3 Å². The summed E-state index contributed by atoms with van der Waals surface area (Å²) < 4.78 is 5.45. The third-order valence-corrected chi connectivity index (χ3v) is 3.79. The molecule has 6 heteroatoms. The van der Waals surface area contributed by atoms with Crippen molar-refractivity contribution >= 4 is 12.0 Å². The molecule has 1 saturated heterocycles. The van der Waals surface area contributed by atoms with Crippen molar-refractivity contribution in [2.75, 3.05) is 26.7 Å². The fraction of sp³-hybridized carbons (Fsp3) is 0.875. The van der Waals surface area contributed by atoms with E-state index in [2.05, 4.69) is 10.6 Å². The highest BCUT2D eigenvalue weighted by Gasteiger charge is 2.33. The first kappa shape index (κ1) is 18.7. The minimum Gasteiger partial charge on any atom is -0.444 e. The molecule has 0 saturated carbocycles. The molecular weight excluding hydrogens is 282 g/mol. The molecule has 0 aromatic rings. The molecule has 0 aromatic carbocycles. The number of likely N-dealkylation sites (tertiary alicyclic amines) is 1. The molecule has 1 atom stereocenters. The van der Waals surface area contributed by atoms with Crippen molar-refractivity contribution in [2.45, 2.75) is 59.1 Å². The lowest BCUT2D eigenvalue weighted by Crippen LogP contribution is -2.47. The maximum atomic E-state index is 12.2. The van der Waals surface area contributed by atoms with Gasteiger partial charge in [-0.25, -0.2) is 4.79 Å². The number of nitrogens with one attached hydrogen (secondary N) is 2. The van der Waals surface area contributed by atoms with E-state index in [4.69, 9.17) is 4.74 Å². The van der Waals surface area contributed by atoms with Crippen LogP contribution >= 0.6 is 0 Å². The number of hydrogen-bond acceptors (Lipinski definition) is 4. The van der Waals surface area contributed by atoms with Gasteiger partial charge >= 0.3 is 6.09 Å². The van der Waals surface area contributed by atoms with Gasteiger partial charge in [0.05, 0.1) is 5.41 Å². The average molecular weight is 313 g/mol. The van der Waals surface area contributed by atoms with E-state index in [0.717, 1.165) is 19.4 Å². The molecule has 0 radical (unpaired) electrons. The van der Waals surface area contributed by atoms with Crippen LogP contribution in [0.1, 0.15) is 47.5 Å². The number of carbonyl (C=O) groups excluding carboxylic acids is 2. The van der Waals surface area contributed by atoms with Gasteiger partial charge in [0.15, 0.2) is 0 Å². The van der Waals surface area contributed by atoms with Crippen LogP contribution < -0.4 is 10.6 Å². The Labute approximate surface area is 134 Å². The molecule has 1 unspecified atom stereocenters. The lowest BCUT2D eigenvalue weighted by molar-refractivity contribution is -0.128. The Bertz CT molecular complexity index is 402. The van der Waals surface area contributed by atoms with Crippen LogP contribution in [0.5, 0.6) is 0 Å². The first-order valence-electron chi connectivity index (χ1n) is 7.99. The van der Waals surface area contributed by atoms with Crippen LogP contribution in [0, 0.1) is 5.41 Å². The van der Waals surface area contributed by atoms with Gasteiger partial charge in [-0.3, -0.25) is 4.79 Å². The normalized spacial score (nSPS) is 19.2. The van der Waals surface area contributed by atoms with E-state index in [1.54, 1.807) is 11.9 Å². The fourth-order valence-electron chi connectivity index (χ4n) is 2.58. The summed E-state index contributed by atoms with van der Waals surface area (Å²) >= 11 is 0. The maximum Gasteiger partial charge on any atom is 0.410 e. The summed E-state index contributed by atoms with van der Waals surface area (Å²) in [6.45, 7) is 11.4. The zero-order valence-electron chi connectivity index (χ0n) is 14.8. The summed E-state index contributed by atoms with van der Waals surface area (Å²) in [4.78, 5) is 25.7. The average Bonchev–Trinajstić information content (AvgIpc) is 2.84. The van der Waals surface area contributed by atoms with Gasteiger partial charge in [-0.1, -0.05) is 0 Å². The molecule has 1 aliphatic heterocycles. The van der Waals surface area contributed by atoms with Gasteiger partial charge in [0.25, 0.3) is 0 Å². The largest absolute Gasteiger partial charge is 0.444 e. The van der Waals surface area contributed by atoms with E-state index >= 15 is 0 Å². The van der Waals surface area contributed by atoms with Gasteiger partial charge in [-0.05, 0) is 47.5 Å². The van der Waals surface area contributed by atoms with E-state index in [0.29, 0.717) is 13.1 Å². The molecule has 1 aliphatic rings. The van der Waals surface area contributed by atoms with Gasteiger partial charge in [0, 0.05) is 32.7 Å². The summed E-state index contributed by atoms with van der Waals surface area (Å²) in [5.41, 5.74) is -0.942. The minimum atomic E-state index is -0.473. The summed E-state index contributed by atoms with van der Waals surface area (Å²) in [6, 6.07) is 0.135. The lowest BCUT2D eigenvalue weighted by Gasteiger charge is -2.30. The van der Waals surface area contributed by atoms with Crippen LogP contribution in [0.25, 0.3) is 0 Å². The second-order valence-electron chi connectivity index (χ2n) is 7.56. The third-order valence-electron chi connectivity index (χ3n) is 3.79. The van der Waals surface area contributed by atoms with Crippen molar-refractivity contribution in [2.24, 2.45) is 5.41 Å². The lowest BCUT2D eigenvalue weighted by atomic mass is 9.92. The van der Waals surface area contributed by atoms with Gasteiger partial charge in [-0.15, -0.1) is 0 Å². The molecule has 0 bridgehead atoms. The summed E-state index contributed by atoms with van der Waals surface area (Å²) in [6.07, 6.45) is 1.71. The van der Waals surface area contributed by atoms with E-state index in [9.17, 15) is 9.59 Å². The quantitative estimate of drug-likeness (QED) is 0.811. The monoisotopic (exact) mass is 313 g/mol. The molecular formula is C16H31N3O3. The first-order chi connectivity index (χ1) is 10.1. The van der Waals surface area contributed by atoms with E-state index in [-0.39, 0.29) is 18.0 Å². The molecule has 0 aromatic heterocycles. The Morgan fingerprint density at radius 3 is 2.41 bits per heavy atom. The van der Waals surface area contributed by atoms with Crippen molar-refractivity contribution in [3.05, 3.63) is 0 Å². The topological polar surface area (TPSA) is 70.7 Å². The van der Waals surface area contributed by atoms with E-state index in [1.807, 2.05) is 34.6 Å². The predicted molar refractivity (Wildman–Crippen MR) is 86.7 cm³/mol. The standard InChI is InChI=1S/C16H31N3O3/c1-15(2,3)22-14(21)19-9-7-8-12(19)10-18-11-16(4,5)13(20)17-6/h12,18H,7-11H2,1-6H3,(H,17,20). The van der Waals surface area contributed by atoms with E-state index < -0.39 is 11.0 Å². The van der Waals surface area contributed by atoms with Crippen LogP contribution in [-0.4, -0.2) is 55.2 Å². The van der Waals surface area contributed by atoms with Crippen LogP contribution in [0.3, 0.4) is 0 Å². The fourth-order valence-corrected chi connectivity index (χ4v) is 2.58. The summed E-state index contributed by atoms with van der Waals surface area (Å²) in [5.74, 6) is 0.00965. The molecule has 1 fully saturated rings. The number of amides is 2. The van der Waals surface area contributed by atoms with E-state index in [1.165, 1.54) is 0 Å². The number of hydrogen-bond donors (Lipinski definition) is 2. The van der Waals surface area contributed by atoms with Crippen molar-refractivity contribution in [1.29, 1.82) is 0 Å². The van der Waals surface area contributed by atoms with Crippen molar-refractivity contribution in [3.63, 3.8) is 0 Å². The van der Waals surface area contributed by atoms with Crippen molar-refractivity contribution in [1.82, 2.24) is 15.5 Å². The highest BCUT2D eigenvalue weighted by molar-refractivity contribution is 5.81. The van der Waals surface area contributed by atoms with Crippen LogP contribution in [0.15, 0.2) is 0 Å². The number of ether oxygens (including phenoxy) is 1. The zero-order valence-corrected chi connectivity index (χ0v) is 14.8. The molecule has 1 heterocycles. The van der Waals surface area contributed by atoms with Gasteiger partial charge in [-0.2, -0.15) is 0 Å². The highest BCUT2D eigenvalue weighted by Crippen LogP contribution is 2.21. The zero-order chi connectivity index (χ0) is 17.0. The van der Waals surface area contributed by atoms with Crippen molar-refractivity contribution in [3.8, 4) is 0 Å². The molecule has 0 spiro atoms. The Morgan fingerprint density at radius 2 is 1.86 bits per heavy atom. The van der Waals surface area contributed by atoms with Gasteiger partial charge in [0.1, 0.15) is 5.60 Å². The van der Waals surface area contributed by atoms with Gasteiger partial charge < -0.3 is 20.3 Å². The summed E-state index contributed by atoms with van der Waals surface area (Å²) in [7, 11) is 1.64. The van der Waals surface area contributed by atoms with Crippen LogP contribution in [0.2, 0.25) is 0 Å². The Hall–Kier alpha value is -1.30. The molecule has 22 heavy (non-hydrogen) atoms. The van der Waals surface area contributed by atoms with Crippen LogP contribution in [0.4, 0.5) is 4.79 Å². The second-order valence-corrected chi connectivity index (χ2v) is 7.56. The number of rotatable bonds is 5. The molecule has 6 nitrogen and oxygen atoms in total. The number of nitrogens with zero attached hydrogens (tertiary/aromatic N) is 1. The second kappa shape index (κ2) is 7.31. The SMILES string of the molecule is CNC(=O)C(C)(C)CNCC1CCCN1C(=O)OC(C)(C)C. The summed E-state index contributed by atoms with van der Waals surface area (Å²) in [5, 5.41) is 5.99. The van der Waals surface area contributed by atoms with Gasteiger partial charge in [0.2, 0.25) is 5.91 Å². The molecule has 1 rings (SSSR count). The molecule has 2 amide bonds. The highest BCUT2D eigenvalue weighted by atomic mass is 16.6. The minimum absolute atomic E-state index is 0.00965. The third kappa shape index (κ3) is 5.48. The Balaban J connectivity index is 2.48. The smallest absolute Gasteiger partial charge is 0.410 e. The first-order valence-corrected chi connectivity index (χ1v) is 7.99. The molecule has 128 valence electrons. The maximum absolute atomic E-state index is 12.2. The molecule has 2 N–H and O–H groups in total. The predicted octanol–water partition coefficient (Wildman–Crippen LogP) is 1.75. The van der Waals surface area contributed by atoms with Crippen LogP contribution in [-0.2, 0) is 9.53 Å².